The molecule has 31 heavy (non-hydrogen) atoms. The lowest BCUT2D eigenvalue weighted by Crippen LogP contribution is -2.49. The van der Waals surface area contributed by atoms with Crippen molar-refractivity contribution in [3.63, 3.8) is 0 Å². The van der Waals surface area contributed by atoms with Crippen molar-refractivity contribution in [1.29, 1.82) is 0 Å². The standard InChI is InChI=1S/C22H24FN3O3.C2H6/c1-22(2,3)19(21(28)29-4)24-20(27)18-16-7-5-6-8-17(16)26(25-18)13-14-9-11-15(23)12-10-14;1-2/h5-12,19H,13H2,1-4H3,(H,24,27);1-2H3. The average molecular weight is 428 g/mol. The van der Waals surface area contributed by atoms with Crippen molar-refractivity contribution in [3.05, 3.63) is 65.6 Å². The number of aromatic nitrogens is 2. The number of nitrogens with one attached hydrogen (secondary N) is 1. The number of nitrogens with zero attached hydrogens (tertiary/aromatic N) is 2. The molecule has 0 saturated carbocycles. The van der Waals surface area contributed by atoms with Crippen molar-refractivity contribution >= 4 is 22.8 Å². The molecule has 0 fully saturated rings. The Morgan fingerprint density at radius 3 is 2.29 bits per heavy atom. The number of halogens is 1. The smallest absolute Gasteiger partial charge is 0.328 e. The Morgan fingerprint density at radius 2 is 1.71 bits per heavy atom. The normalized spacial score (nSPS) is 12.0. The SMILES string of the molecule is CC.COC(=O)C(NC(=O)c1nn(Cc2ccc(F)cc2)c2ccccc12)C(C)(C)C. The van der Waals surface area contributed by atoms with Crippen molar-refractivity contribution in [2.45, 2.75) is 47.2 Å². The summed E-state index contributed by atoms with van der Waals surface area (Å²) in [6.07, 6.45) is 0. The Kier molecular flexibility index (Phi) is 7.91. The molecule has 166 valence electrons. The molecule has 1 N–H and O–H groups in total. The minimum absolute atomic E-state index is 0.223. The van der Waals surface area contributed by atoms with E-state index in [1.54, 1.807) is 16.8 Å². The molecule has 6 nitrogen and oxygen atoms in total. The van der Waals surface area contributed by atoms with Crippen LogP contribution in [-0.2, 0) is 16.1 Å². The molecule has 7 heteroatoms. The molecule has 1 atom stereocenters. The molecular weight excluding hydrogens is 397 g/mol. The fourth-order valence-corrected chi connectivity index (χ4v) is 3.12. The number of hydrogen-bond acceptors (Lipinski definition) is 4. The van der Waals surface area contributed by atoms with Crippen molar-refractivity contribution < 1.29 is 18.7 Å². The molecule has 0 aliphatic carbocycles. The number of benzene rings is 2. The van der Waals surface area contributed by atoms with Gasteiger partial charge in [-0.1, -0.05) is 65.0 Å². The van der Waals surface area contributed by atoms with E-state index >= 15 is 0 Å². The number of carbonyl (C=O) groups excluding carboxylic acids is 2. The number of rotatable bonds is 5. The van der Waals surface area contributed by atoms with Crippen LogP contribution >= 0.6 is 0 Å². The molecule has 1 aromatic heterocycles. The fraction of sp³-hybridized carbons (Fsp3) is 0.375. The zero-order valence-corrected chi connectivity index (χ0v) is 18.9. The summed E-state index contributed by atoms with van der Waals surface area (Å²) in [5.74, 6) is -1.28. The Morgan fingerprint density at radius 1 is 1.10 bits per heavy atom. The number of esters is 1. The van der Waals surface area contributed by atoms with Gasteiger partial charge in [-0.2, -0.15) is 5.10 Å². The van der Waals surface area contributed by atoms with E-state index in [4.69, 9.17) is 4.74 Å². The van der Waals surface area contributed by atoms with Gasteiger partial charge in [0.2, 0.25) is 0 Å². The first-order chi connectivity index (χ1) is 14.7. The highest BCUT2D eigenvalue weighted by Crippen LogP contribution is 2.23. The highest BCUT2D eigenvalue weighted by atomic mass is 19.1. The highest BCUT2D eigenvalue weighted by Gasteiger charge is 2.34. The molecule has 2 aromatic carbocycles. The van der Waals surface area contributed by atoms with Crippen LogP contribution in [0, 0.1) is 11.2 Å². The van der Waals surface area contributed by atoms with Crippen LogP contribution in [0.4, 0.5) is 4.39 Å². The van der Waals surface area contributed by atoms with E-state index in [0.29, 0.717) is 11.9 Å². The van der Waals surface area contributed by atoms with Gasteiger partial charge in [-0.15, -0.1) is 0 Å². The summed E-state index contributed by atoms with van der Waals surface area (Å²) in [7, 11) is 1.29. The third-order valence-electron chi connectivity index (χ3n) is 4.70. The van der Waals surface area contributed by atoms with Crippen LogP contribution in [0.3, 0.4) is 0 Å². The molecule has 0 saturated heterocycles. The monoisotopic (exact) mass is 427 g/mol. The minimum atomic E-state index is -0.819. The maximum absolute atomic E-state index is 13.2. The summed E-state index contributed by atoms with van der Waals surface area (Å²) in [6.45, 7) is 9.92. The molecule has 1 amide bonds. The van der Waals surface area contributed by atoms with Gasteiger partial charge in [-0.05, 0) is 29.2 Å². The summed E-state index contributed by atoms with van der Waals surface area (Å²) in [5, 5.41) is 7.92. The maximum atomic E-state index is 13.2. The van der Waals surface area contributed by atoms with Crippen molar-refractivity contribution in [1.82, 2.24) is 15.1 Å². The van der Waals surface area contributed by atoms with E-state index in [1.807, 2.05) is 58.9 Å². The highest BCUT2D eigenvalue weighted by molar-refractivity contribution is 6.06. The van der Waals surface area contributed by atoms with Crippen LogP contribution in [0.25, 0.3) is 10.9 Å². The first kappa shape index (κ1) is 24.1. The van der Waals surface area contributed by atoms with Gasteiger partial charge in [0.05, 0.1) is 19.2 Å². The predicted octanol–water partition coefficient (Wildman–Crippen LogP) is 4.57. The average Bonchev–Trinajstić information content (AvgIpc) is 3.12. The van der Waals surface area contributed by atoms with E-state index in [9.17, 15) is 14.0 Å². The summed E-state index contributed by atoms with van der Waals surface area (Å²) < 4.78 is 19.7. The number of amides is 1. The number of hydrogen-bond donors (Lipinski definition) is 1. The quantitative estimate of drug-likeness (QED) is 0.606. The molecule has 0 bridgehead atoms. The molecule has 1 unspecified atom stereocenters. The number of fused-ring (bicyclic) bond motifs is 1. The van der Waals surface area contributed by atoms with Gasteiger partial charge < -0.3 is 10.1 Å². The molecule has 0 aliphatic heterocycles. The largest absolute Gasteiger partial charge is 0.467 e. The third-order valence-corrected chi connectivity index (χ3v) is 4.70. The van der Waals surface area contributed by atoms with Gasteiger partial charge in [-0.3, -0.25) is 9.48 Å². The van der Waals surface area contributed by atoms with Crippen molar-refractivity contribution in [2.75, 3.05) is 7.11 Å². The van der Waals surface area contributed by atoms with Crippen LogP contribution in [0.15, 0.2) is 48.5 Å². The van der Waals surface area contributed by atoms with Gasteiger partial charge >= 0.3 is 5.97 Å². The van der Waals surface area contributed by atoms with Crippen LogP contribution in [-0.4, -0.2) is 34.8 Å². The van der Waals surface area contributed by atoms with Gasteiger partial charge in [0.15, 0.2) is 5.69 Å². The number of carbonyl (C=O) groups is 2. The Labute approximate surface area is 182 Å². The molecule has 3 aromatic rings. The van der Waals surface area contributed by atoms with Gasteiger partial charge in [0.1, 0.15) is 11.9 Å². The predicted molar refractivity (Wildman–Crippen MR) is 119 cm³/mol. The first-order valence-electron chi connectivity index (χ1n) is 10.3. The van der Waals surface area contributed by atoms with Crippen LogP contribution < -0.4 is 5.32 Å². The van der Waals surface area contributed by atoms with E-state index < -0.39 is 23.3 Å². The second-order valence-electron chi connectivity index (χ2n) is 7.95. The number of methoxy groups -OCH3 is 1. The minimum Gasteiger partial charge on any atom is -0.467 e. The van der Waals surface area contributed by atoms with Gasteiger partial charge in [0, 0.05) is 5.39 Å². The van der Waals surface area contributed by atoms with Crippen LogP contribution in [0.1, 0.15) is 50.7 Å². The van der Waals surface area contributed by atoms with Gasteiger partial charge in [-0.25, -0.2) is 9.18 Å². The van der Waals surface area contributed by atoms with Crippen molar-refractivity contribution in [2.24, 2.45) is 5.41 Å². The lowest BCUT2D eigenvalue weighted by molar-refractivity contribution is -0.145. The summed E-state index contributed by atoms with van der Waals surface area (Å²) >= 11 is 0. The van der Waals surface area contributed by atoms with Crippen LogP contribution in [0.2, 0.25) is 0 Å². The lowest BCUT2D eigenvalue weighted by Gasteiger charge is -2.28. The second-order valence-corrected chi connectivity index (χ2v) is 7.95. The lowest BCUT2D eigenvalue weighted by atomic mass is 9.86. The number of ether oxygens (including phenoxy) is 1. The van der Waals surface area contributed by atoms with Crippen molar-refractivity contribution in [3.8, 4) is 0 Å². The fourth-order valence-electron chi connectivity index (χ4n) is 3.12. The molecule has 3 rings (SSSR count). The summed E-state index contributed by atoms with van der Waals surface area (Å²) in [5.41, 5.74) is 1.32. The molecular formula is C24H30FN3O3. The molecule has 0 radical (unpaired) electrons. The zero-order chi connectivity index (χ0) is 23.2. The zero-order valence-electron chi connectivity index (χ0n) is 18.9. The Bertz CT molecular complexity index is 1040. The topological polar surface area (TPSA) is 73.2 Å². The summed E-state index contributed by atoms with van der Waals surface area (Å²) in [6, 6.07) is 12.7. The van der Waals surface area contributed by atoms with Crippen LogP contribution in [0.5, 0.6) is 0 Å². The third kappa shape index (κ3) is 5.69. The number of para-hydroxylation sites is 1. The first-order valence-corrected chi connectivity index (χ1v) is 10.3. The molecule has 1 heterocycles. The maximum Gasteiger partial charge on any atom is 0.328 e. The van der Waals surface area contributed by atoms with E-state index in [0.717, 1.165) is 11.1 Å². The van der Waals surface area contributed by atoms with Gasteiger partial charge in [0.25, 0.3) is 5.91 Å². The van der Waals surface area contributed by atoms with E-state index in [1.165, 1.54) is 19.2 Å². The Hall–Kier alpha value is -3.22. The molecule has 0 spiro atoms. The summed E-state index contributed by atoms with van der Waals surface area (Å²) in [4.78, 5) is 25.2. The second kappa shape index (κ2) is 10.2. The van der Waals surface area contributed by atoms with E-state index in [-0.39, 0.29) is 11.5 Å². The molecule has 0 aliphatic rings. The van der Waals surface area contributed by atoms with E-state index in [2.05, 4.69) is 10.4 Å². The Balaban J connectivity index is 0.00000166.